The van der Waals surface area contributed by atoms with Crippen molar-refractivity contribution < 1.29 is 4.42 Å². The molecule has 0 radical (unpaired) electrons. The van der Waals surface area contributed by atoms with Gasteiger partial charge in [-0.25, -0.2) is 4.98 Å². The Kier molecular flexibility index (Phi) is 2.68. The Balaban J connectivity index is 2.58. The second-order valence-corrected chi connectivity index (χ2v) is 3.86. The van der Waals surface area contributed by atoms with Crippen molar-refractivity contribution in [2.45, 2.75) is 26.2 Å². The molecule has 2 heterocycles. The van der Waals surface area contributed by atoms with Gasteiger partial charge >= 0.3 is 0 Å². The molecule has 0 bridgehead atoms. The van der Waals surface area contributed by atoms with E-state index in [0.717, 1.165) is 16.9 Å². The molecular formula is C11H15N3O. The molecule has 0 atom stereocenters. The molecule has 0 amide bonds. The monoisotopic (exact) mass is 205 g/mol. The van der Waals surface area contributed by atoms with E-state index in [4.69, 9.17) is 10.2 Å². The summed E-state index contributed by atoms with van der Waals surface area (Å²) in [6, 6.07) is 1.91. The van der Waals surface area contributed by atoms with Gasteiger partial charge in [0.15, 0.2) is 0 Å². The van der Waals surface area contributed by atoms with E-state index in [9.17, 15) is 0 Å². The fourth-order valence-electron chi connectivity index (χ4n) is 1.61. The molecule has 2 aromatic rings. The summed E-state index contributed by atoms with van der Waals surface area (Å²) in [5.41, 5.74) is 7.20. The minimum absolute atomic E-state index is 0.365. The Bertz CT molecular complexity index is 462. The molecule has 4 heteroatoms. The summed E-state index contributed by atoms with van der Waals surface area (Å²) >= 11 is 0. The number of fused-ring (bicyclic) bond motifs is 1. The molecule has 0 aliphatic carbocycles. The predicted molar refractivity (Wildman–Crippen MR) is 58.7 cm³/mol. The molecule has 0 aromatic carbocycles. The van der Waals surface area contributed by atoms with Gasteiger partial charge in [-0.2, -0.15) is 4.98 Å². The summed E-state index contributed by atoms with van der Waals surface area (Å²) in [7, 11) is 0. The topological polar surface area (TPSA) is 64.9 Å². The molecule has 0 spiro atoms. The van der Waals surface area contributed by atoms with Gasteiger partial charge in [0, 0.05) is 6.42 Å². The van der Waals surface area contributed by atoms with Crippen LogP contribution in [0.3, 0.4) is 0 Å². The van der Waals surface area contributed by atoms with Gasteiger partial charge in [0.05, 0.1) is 17.3 Å². The summed E-state index contributed by atoms with van der Waals surface area (Å²) in [6.07, 6.45) is 2.34. The maximum absolute atomic E-state index is 5.50. The van der Waals surface area contributed by atoms with Crippen LogP contribution in [-0.2, 0) is 6.42 Å². The quantitative estimate of drug-likeness (QED) is 0.830. The molecule has 0 saturated heterocycles. The van der Waals surface area contributed by atoms with Crippen LogP contribution in [0.25, 0.3) is 11.1 Å². The van der Waals surface area contributed by atoms with E-state index in [1.165, 1.54) is 0 Å². The molecule has 0 saturated carbocycles. The molecular weight excluding hydrogens is 190 g/mol. The van der Waals surface area contributed by atoms with Crippen LogP contribution < -0.4 is 5.73 Å². The van der Waals surface area contributed by atoms with Crippen LogP contribution in [0.4, 0.5) is 0 Å². The Labute approximate surface area is 88.5 Å². The summed E-state index contributed by atoms with van der Waals surface area (Å²) in [5.74, 6) is 1.13. The zero-order chi connectivity index (χ0) is 10.8. The van der Waals surface area contributed by atoms with Crippen molar-refractivity contribution in [3.8, 4) is 0 Å². The Hall–Kier alpha value is -1.42. The van der Waals surface area contributed by atoms with Crippen molar-refractivity contribution in [1.29, 1.82) is 0 Å². The lowest BCUT2D eigenvalue weighted by atomic mass is 10.1. The van der Waals surface area contributed by atoms with E-state index < -0.39 is 0 Å². The van der Waals surface area contributed by atoms with Crippen LogP contribution in [0.2, 0.25) is 0 Å². The van der Waals surface area contributed by atoms with Gasteiger partial charge in [0.2, 0.25) is 5.71 Å². The third-order valence-corrected chi connectivity index (χ3v) is 2.32. The van der Waals surface area contributed by atoms with Gasteiger partial charge in [0.25, 0.3) is 0 Å². The first-order valence-corrected chi connectivity index (χ1v) is 5.16. The zero-order valence-corrected chi connectivity index (χ0v) is 9.03. The Morgan fingerprint density at radius 2 is 2.20 bits per heavy atom. The predicted octanol–water partition coefficient (Wildman–Crippen LogP) is 1.85. The van der Waals surface area contributed by atoms with Gasteiger partial charge in [-0.15, -0.1) is 0 Å². The van der Waals surface area contributed by atoms with E-state index in [-0.39, 0.29) is 0 Å². The van der Waals surface area contributed by atoms with E-state index in [1.807, 2.05) is 6.07 Å². The number of rotatable bonds is 3. The largest absolute Gasteiger partial charge is 0.446 e. The Morgan fingerprint density at radius 1 is 1.40 bits per heavy atom. The molecule has 2 aromatic heterocycles. The van der Waals surface area contributed by atoms with E-state index in [1.54, 1.807) is 6.26 Å². The third kappa shape index (κ3) is 1.85. The minimum atomic E-state index is 0.365. The van der Waals surface area contributed by atoms with E-state index in [2.05, 4.69) is 23.8 Å². The van der Waals surface area contributed by atoms with Crippen LogP contribution in [0.1, 0.15) is 31.3 Å². The summed E-state index contributed by atoms with van der Waals surface area (Å²) in [6.45, 7) is 4.78. The summed E-state index contributed by atoms with van der Waals surface area (Å²) in [5, 5.41) is 1.01. The van der Waals surface area contributed by atoms with E-state index in [0.29, 0.717) is 24.6 Å². The van der Waals surface area contributed by atoms with Crippen LogP contribution in [0.5, 0.6) is 0 Å². The maximum atomic E-state index is 5.50. The van der Waals surface area contributed by atoms with Gasteiger partial charge in [0.1, 0.15) is 5.82 Å². The first-order chi connectivity index (χ1) is 7.22. The first kappa shape index (κ1) is 10.1. The first-order valence-electron chi connectivity index (χ1n) is 5.16. The molecule has 2 rings (SSSR count). The highest BCUT2D eigenvalue weighted by Crippen LogP contribution is 2.23. The molecule has 0 aliphatic heterocycles. The van der Waals surface area contributed by atoms with Crippen molar-refractivity contribution in [2.24, 2.45) is 5.73 Å². The minimum Gasteiger partial charge on any atom is -0.446 e. The standard InChI is InChI=1S/C11H15N3O/c1-7(2)10-8-4-6-15-11(8)14-9(13-10)3-5-12/h4,6-7H,3,5,12H2,1-2H3. The van der Waals surface area contributed by atoms with Crippen LogP contribution >= 0.6 is 0 Å². The number of nitrogens with zero attached hydrogens (tertiary/aromatic N) is 2. The number of hydrogen-bond donors (Lipinski definition) is 1. The molecule has 2 N–H and O–H groups in total. The van der Waals surface area contributed by atoms with Crippen molar-refractivity contribution in [2.75, 3.05) is 6.54 Å². The molecule has 0 aliphatic rings. The normalized spacial score (nSPS) is 11.5. The average Bonchev–Trinajstić information content (AvgIpc) is 2.64. The van der Waals surface area contributed by atoms with Crippen LogP contribution in [0.15, 0.2) is 16.7 Å². The lowest BCUT2D eigenvalue weighted by Crippen LogP contribution is -2.08. The van der Waals surface area contributed by atoms with Crippen LogP contribution in [-0.4, -0.2) is 16.5 Å². The van der Waals surface area contributed by atoms with Crippen molar-refractivity contribution in [1.82, 2.24) is 9.97 Å². The number of hydrogen-bond acceptors (Lipinski definition) is 4. The molecule has 15 heavy (non-hydrogen) atoms. The second-order valence-electron chi connectivity index (χ2n) is 3.86. The molecule has 0 unspecified atom stereocenters. The van der Waals surface area contributed by atoms with Gasteiger partial charge in [-0.1, -0.05) is 13.8 Å². The maximum Gasteiger partial charge on any atom is 0.229 e. The summed E-state index contributed by atoms with van der Waals surface area (Å²) < 4.78 is 5.30. The van der Waals surface area contributed by atoms with Crippen molar-refractivity contribution >= 4 is 11.1 Å². The average molecular weight is 205 g/mol. The van der Waals surface area contributed by atoms with Crippen molar-refractivity contribution in [3.63, 3.8) is 0 Å². The number of aromatic nitrogens is 2. The molecule has 0 fully saturated rings. The van der Waals surface area contributed by atoms with Gasteiger partial charge < -0.3 is 10.2 Å². The highest BCUT2D eigenvalue weighted by molar-refractivity contribution is 5.76. The number of nitrogens with two attached hydrogens (primary N) is 1. The van der Waals surface area contributed by atoms with Gasteiger partial charge in [-0.05, 0) is 18.5 Å². The fourth-order valence-corrected chi connectivity index (χ4v) is 1.61. The Morgan fingerprint density at radius 3 is 2.87 bits per heavy atom. The molecule has 80 valence electrons. The lowest BCUT2D eigenvalue weighted by molar-refractivity contribution is 0.597. The van der Waals surface area contributed by atoms with Gasteiger partial charge in [-0.3, -0.25) is 0 Å². The van der Waals surface area contributed by atoms with E-state index >= 15 is 0 Å². The van der Waals surface area contributed by atoms with Crippen LogP contribution in [0, 0.1) is 0 Å². The highest BCUT2D eigenvalue weighted by Gasteiger charge is 2.12. The zero-order valence-electron chi connectivity index (χ0n) is 9.03. The SMILES string of the molecule is CC(C)c1nc(CCN)nc2occc12. The smallest absolute Gasteiger partial charge is 0.229 e. The summed E-state index contributed by atoms with van der Waals surface area (Å²) in [4.78, 5) is 8.82. The number of furan rings is 1. The lowest BCUT2D eigenvalue weighted by Gasteiger charge is -2.07. The highest BCUT2D eigenvalue weighted by atomic mass is 16.3. The fraction of sp³-hybridized carbons (Fsp3) is 0.455. The molecule has 4 nitrogen and oxygen atoms in total. The van der Waals surface area contributed by atoms with Crippen molar-refractivity contribution in [3.05, 3.63) is 23.8 Å². The second kappa shape index (κ2) is 3.98. The third-order valence-electron chi connectivity index (χ3n) is 2.32.